The Hall–Kier alpha value is -2.83. The van der Waals surface area contributed by atoms with Crippen LogP contribution in [0.4, 0.5) is 5.69 Å². The molecule has 2 heterocycles. The van der Waals surface area contributed by atoms with Crippen molar-refractivity contribution >= 4 is 22.9 Å². The molecule has 1 aromatic heterocycles. The van der Waals surface area contributed by atoms with Crippen molar-refractivity contribution in [3.05, 3.63) is 70.8 Å². The summed E-state index contributed by atoms with van der Waals surface area (Å²) in [7, 11) is 1.70. The highest BCUT2D eigenvalue weighted by Gasteiger charge is 2.18. The maximum Gasteiger partial charge on any atom is 0.252 e. The van der Waals surface area contributed by atoms with Crippen LogP contribution in [-0.2, 0) is 0 Å². The molecule has 5 nitrogen and oxygen atoms in total. The summed E-state index contributed by atoms with van der Waals surface area (Å²) in [6, 6.07) is 16.8. The SMILES string of the molecule is COc1sc(-c2cccc(C(C)NC(=O)c3cc(NC4CNC4)ccc3C)c2)cc1C. The molecule has 0 spiro atoms. The lowest BCUT2D eigenvalue weighted by Crippen LogP contribution is -2.51. The first-order valence-corrected chi connectivity index (χ1v) is 11.4. The Bertz CT molecular complexity index is 1090. The third-order valence-corrected chi connectivity index (χ3v) is 6.96. The molecule has 0 aliphatic carbocycles. The summed E-state index contributed by atoms with van der Waals surface area (Å²) in [5.74, 6) is -0.0561. The molecular weight excluding hydrogens is 406 g/mol. The molecule has 3 aromatic rings. The smallest absolute Gasteiger partial charge is 0.252 e. The van der Waals surface area contributed by atoms with Gasteiger partial charge < -0.3 is 20.7 Å². The number of thiophene rings is 1. The first-order chi connectivity index (χ1) is 14.9. The first-order valence-electron chi connectivity index (χ1n) is 10.6. The molecule has 1 amide bonds. The van der Waals surface area contributed by atoms with Crippen LogP contribution in [0.5, 0.6) is 5.06 Å². The van der Waals surface area contributed by atoms with Gasteiger partial charge in [0.05, 0.1) is 19.2 Å². The molecule has 3 N–H and O–H groups in total. The number of benzene rings is 2. The topological polar surface area (TPSA) is 62.4 Å². The summed E-state index contributed by atoms with van der Waals surface area (Å²) in [4.78, 5) is 14.2. The molecule has 31 heavy (non-hydrogen) atoms. The highest BCUT2D eigenvalue weighted by molar-refractivity contribution is 7.17. The van der Waals surface area contributed by atoms with Gasteiger partial charge in [-0.1, -0.05) is 35.6 Å². The molecule has 1 aliphatic heterocycles. The van der Waals surface area contributed by atoms with E-state index in [-0.39, 0.29) is 11.9 Å². The number of rotatable bonds is 7. The van der Waals surface area contributed by atoms with Gasteiger partial charge in [0.15, 0.2) is 5.06 Å². The number of nitrogens with one attached hydrogen (secondary N) is 3. The second-order valence-electron chi connectivity index (χ2n) is 8.14. The van der Waals surface area contributed by atoms with Crippen LogP contribution < -0.4 is 20.7 Å². The van der Waals surface area contributed by atoms with Crippen molar-refractivity contribution in [1.82, 2.24) is 10.6 Å². The normalized spacial score (nSPS) is 14.6. The van der Waals surface area contributed by atoms with Gasteiger partial charge >= 0.3 is 0 Å². The van der Waals surface area contributed by atoms with Crippen molar-refractivity contribution in [2.75, 3.05) is 25.5 Å². The van der Waals surface area contributed by atoms with Gasteiger partial charge in [-0.15, -0.1) is 0 Å². The van der Waals surface area contributed by atoms with Crippen LogP contribution in [0.2, 0.25) is 0 Å². The average molecular weight is 436 g/mol. The standard InChI is InChI=1S/C25H29N3O2S/c1-15-8-9-20(28-21-13-26-14-21)12-22(15)24(29)27-17(3)18-6-5-7-19(11-18)23-10-16(2)25(30-4)31-23/h5-12,17,21,26,28H,13-14H2,1-4H3,(H,27,29). The number of aryl methyl sites for hydroxylation is 2. The number of hydrogen-bond donors (Lipinski definition) is 3. The molecule has 0 bridgehead atoms. The number of carbonyl (C=O) groups is 1. The zero-order valence-electron chi connectivity index (χ0n) is 18.4. The van der Waals surface area contributed by atoms with E-state index < -0.39 is 0 Å². The van der Waals surface area contributed by atoms with Gasteiger partial charge in [0, 0.05) is 34.8 Å². The number of carbonyl (C=O) groups excluding carboxylic acids is 1. The predicted octanol–water partition coefficient (Wildman–Crippen LogP) is 4.92. The number of methoxy groups -OCH3 is 1. The highest BCUT2D eigenvalue weighted by atomic mass is 32.1. The fraction of sp³-hybridized carbons (Fsp3) is 0.320. The van der Waals surface area contributed by atoms with E-state index in [0.29, 0.717) is 11.6 Å². The van der Waals surface area contributed by atoms with Crippen molar-refractivity contribution in [2.45, 2.75) is 32.9 Å². The zero-order chi connectivity index (χ0) is 22.0. The van der Waals surface area contributed by atoms with E-state index in [1.807, 2.05) is 38.1 Å². The minimum Gasteiger partial charge on any atom is -0.487 e. The molecular formula is C25H29N3O2S. The van der Waals surface area contributed by atoms with Gasteiger partial charge in [-0.2, -0.15) is 0 Å². The quantitative estimate of drug-likeness (QED) is 0.493. The van der Waals surface area contributed by atoms with Crippen LogP contribution in [0, 0.1) is 13.8 Å². The number of anilines is 1. The molecule has 1 saturated heterocycles. The van der Waals surface area contributed by atoms with Crippen LogP contribution in [0.15, 0.2) is 48.5 Å². The van der Waals surface area contributed by atoms with Crippen molar-refractivity contribution in [3.63, 3.8) is 0 Å². The van der Waals surface area contributed by atoms with Crippen LogP contribution in [0.1, 0.15) is 40.0 Å². The zero-order valence-corrected chi connectivity index (χ0v) is 19.2. The maximum atomic E-state index is 13.0. The monoisotopic (exact) mass is 435 g/mol. The Labute approximate surface area is 187 Å². The summed E-state index contributed by atoms with van der Waals surface area (Å²) in [6.07, 6.45) is 0. The molecule has 4 rings (SSSR count). The Morgan fingerprint density at radius 3 is 2.61 bits per heavy atom. The van der Waals surface area contributed by atoms with E-state index in [0.717, 1.165) is 51.0 Å². The van der Waals surface area contributed by atoms with Crippen molar-refractivity contribution in [1.29, 1.82) is 0 Å². The average Bonchev–Trinajstić information content (AvgIpc) is 3.12. The molecule has 1 fully saturated rings. The summed E-state index contributed by atoms with van der Waals surface area (Å²) in [6.45, 7) is 7.96. The second-order valence-corrected chi connectivity index (χ2v) is 9.15. The minimum atomic E-state index is -0.109. The van der Waals surface area contributed by atoms with E-state index in [4.69, 9.17) is 4.74 Å². The minimum absolute atomic E-state index is 0.0561. The Morgan fingerprint density at radius 2 is 1.94 bits per heavy atom. The lowest BCUT2D eigenvalue weighted by Gasteiger charge is -2.29. The Morgan fingerprint density at radius 1 is 1.13 bits per heavy atom. The predicted molar refractivity (Wildman–Crippen MR) is 128 cm³/mol. The molecule has 6 heteroatoms. The number of amides is 1. The van der Waals surface area contributed by atoms with Gasteiger partial charge in [0.2, 0.25) is 0 Å². The van der Waals surface area contributed by atoms with Crippen LogP contribution in [-0.4, -0.2) is 32.1 Å². The van der Waals surface area contributed by atoms with Gasteiger partial charge in [0.1, 0.15) is 0 Å². The van der Waals surface area contributed by atoms with Crippen LogP contribution in [0.3, 0.4) is 0 Å². The molecule has 2 aromatic carbocycles. The van der Waals surface area contributed by atoms with E-state index in [1.165, 1.54) is 0 Å². The van der Waals surface area contributed by atoms with Gasteiger partial charge in [-0.05, 0) is 61.7 Å². The lowest BCUT2D eigenvalue weighted by atomic mass is 10.0. The summed E-state index contributed by atoms with van der Waals surface area (Å²) in [5.41, 5.74) is 6.00. The number of ether oxygens (including phenoxy) is 1. The van der Waals surface area contributed by atoms with Crippen molar-refractivity contribution in [2.24, 2.45) is 0 Å². The molecule has 1 unspecified atom stereocenters. The fourth-order valence-corrected chi connectivity index (χ4v) is 4.70. The van der Waals surface area contributed by atoms with Crippen LogP contribution in [0.25, 0.3) is 10.4 Å². The molecule has 162 valence electrons. The molecule has 1 aliphatic rings. The third kappa shape index (κ3) is 4.75. The summed E-state index contributed by atoms with van der Waals surface area (Å²) in [5, 5.41) is 10.8. The molecule has 1 atom stereocenters. The second kappa shape index (κ2) is 9.12. The third-order valence-electron chi connectivity index (χ3n) is 5.71. The van der Waals surface area contributed by atoms with Crippen molar-refractivity contribution in [3.8, 4) is 15.5 Å². The molecule has 0 saturated carbocycles. The first kappa shape index (κ1) is 21.4. The van der Waals surface area contributed by atoms with Crippen molar-refractivity contribution < 1.29 is 9.53 Å². The van der Waals surface area contributed by atoms with Crippen LogP contribution >= 0.6 is 11.3 Å². The van der Waals surface area contributed by atoms with Gasteiger partial charge in [0.25, 0.3) is 5.91 Å². The van der Waals surface area contributed by atoms with E-state index in [9.17, 15) is 4.79 Å². The number of hydrogen-bond acceptors (Lipinski definition) is 5. The fourth-order valence-electron chi connectivity index (χ4n) is 3.71. The summed E-state index contributed by atoms with van der Waals surface area (Å²) >= 11 is 1.64. The van der Waals surface area contributed by atoms with E-state index >= 15 is 0 Å². The molecule has 0 radical (unpaired) electrons. The highest BCUT2D eigenvalue weighted by Crippen LogP contribution is 2.37. The Kier molecular flexibility index (Phi) is 6.30. The van der Waals surface area contributed by atoms with E-state index in [1.54, 1.807) is 18.4 Å². The Balaban J connectivity index is 1.49. The largest absolute Gasteiger partial charge is 0.487 e. The van der Waals surface area contributed by atoms with Gasteiger partial charge in [-0.3, -0.25) is 4.79 Å². The van der Waals surface area contributed by atoms with E-state index in [2.05, 4.69) is 47.1 Å². The summed E-state index contributed by atoms with van der Waals surface area (Å²) < 4.78 is 5.43. The van der Waals surface area contributed by atoms with Gasteiger partial charge in [-0.25, -0.2) is 0 Å². The maximum absolute atomic E-state index is 13.0. The lowest BCUT2D eigenvalue weighted by molar-refractivity contribution is 0.0939.